The van der Waals surface area contributed by atoms with Crippen molar-refractivity contribution in [3.05, 3.63) is 29.4 Å². The molecule has 0 unspecified atom stereocenters. The molecule has 5 nitrogen and oxygen atoms in total. The van der Waals surface area contributed by atoms with Crippen molar-refractivity contribution in [1.82, 2.24) is 9.97 Å². The van der Waals surface area contributed by atoms with Crippen LogP contribution in [0.15, 0.2) is 24.3 Å². The SMILES string of the molecule is O=S(=O)(CCCCCl)Nc1nc2ccccc2nc1Cl. The molecule has 1 N–H and O–H groups in total. The van der Waals surface area contributed by atoms with E-state index in [4.69, 9.17) is 23.2 Å². The van der Waals surface area contributed by atoms with Gasteiger partial charge in [-0.1, -0.05) is 23.7 Å². The molecule has 1 aromatic heterocycles. The molecule has 20 heavy (non-hydrogen) atoms. The standard InChI is InChI=1S/C12H13Cl2N3O2S/c13-7-3-4-8-20(18,19)17-12-11(14)15-9-5-1-2-6-10(9)16-12/h1-2,5-6H,3-4,7-8H2,(H,16,17). The molecule has 0 aliphatic heterocycles. The first-order valence-electron chi connectivity index (χ1n) is 6.00. The number of benzene rings is 1. The molecule has 8 heteroatoms. The Kier molecular flexibility index (Phi) is 5.01. The molecule has 108 valence electrons. The number of halogens is 2. The lowest BCUT2D eigenvalue weighted by atomic mass is 10.3. The fourth-order valence-electron chi connectivity index (χ4n) is 1.63. The molecule has 0 spiro atoms. The Hall–Kier alpha value is -1.11. The van der Waals surface area contributed by atoms with Crippen LogP contribution in [-0.4, -0.2) is 30.0 Å². The Balaban J connectivity index is 2.22. The van der Waals surface area contributed by atoms with Gasteiger partial charge in [0.15, 0.2) is 11.0 Å². The van der Waals surface area contributed by atoms with Crippen molar-refractivity contribution in [2.75, 3.05) is 16.4 Å². The van der Waals surface area contributed by atoms with Gasteiger partial charge in [0.1, 0.15) is 0 Å². The molecule has 0 saturated heterocycles. The van der Waals surface area contributed by atoms with Crippen LogP contribution < -0.4 is 4.72 Å². The van der Waals surface area contributed by atoms with E-state index < -0.39 is 10.0 Å². The normalized spacial score (nSPS) is 11.7. The van der Waals surface area contributed by atoms with Crippen molar-refractivity contribution in [1.29, 1.82) is 0 Å². The van der Waals surface area contributed by atoms with E-state index in [2.05, 4.69) is 14.7 Å². The minimum atomic E-state index is -3.49. The Morgan fingerprint density at radius 2 is 1.75 bits per heavy atom. The van der Waals surface area contributed by atoms with Crippen LogP contribution in [0.3, 0.4) is 0 Å². The second-order valence-electron chi connectivity index (χ2n) is 4.17. The van der Waals surface area contributed by atoms with Crippen LogP contribution in [0.5, 0.6) is 0 Å². The van der Waals surface area contributed by atoms with Crippen molar-refractivity contribution in [2.24, 2.45) is 0 Å². The molecule has 0 aliphatic rings. The molecule has 1 heterocycles. The predicted octanol–water partition coefficient (Wildman–Crippen LogP) is 3.04. The average Bonchev–Trinajstić information content (AvgIpc) is 2.39. The number of para-hydroxylation sites is 2. The maximum atomic E-state index is 11.9. The minimum Gasteiger partial charge on any atom is -0.265 e. The largest absolute Gasteiger partial charge is 0.265 e. The Morgan fingerprint density at radius 1 is 1.10 bits per heavy atom. The van der Waals surface area contributed by atoms with Crippen LogP contribution in [0.4, 0.5) is 5.82 Å². The second-order valence-corrected chi connectivity index (χ2v) is 6.75. The first-order valence-corrected chi connectivity index (χ1v) is 8.57. The fourth-order valence-corrected chi connectivity index (χ4v) is 3.18. The number of unbranched alkanes of at least 4 members (excludes halogenated alkanes) is 1. The highest BCUT2D eigenvalue weighted by molar-refractivity contribution is 7.92. The number of fused-ring (bicyclic) bond motifs is 1. The smallest absolute Gasteiger partial charge is 0.233 e. The maximum Gasteiger partial charge on any atom is 0.233 e. The fraction of sp³-hybridized carbons (Fsp3) is 0.333. The number of rotatable bonds is 6. The van der Waals surface area contributed by atoms with Gasteiger partial charge in [0.25, 0.3) is 0 Å². The van der Waals surface area contributed by atoms with Crippen molar-refractivity contribution in [3.63, 3.8) is 0 Å². The Labute approximate surface area is 127 Å². The summed E-state index contributed by atoms with van der Waals surface area (Å²) in [5.41, 5.74) is 1.19. The molecule has 0 aliphatic carbocycles. The lowest BCUT2D eigenvalue weighted by Crippen LogP contribution is -2.18. The van der Waals surface area contributed by atoms with E-state index in [1.807, 2.05) is 6.07 Å². The van der Waals surface area contributed by atoms with Gasteiger partial charge < -0.3 is 0 Å². The summed E-state index contributed by atoms with van der Waals surface area (Å²) in [6, 6.07) is 7.10. The third kappa shape index (κ3) is 3.94. The summed E-state index contributed by atoms with van der Waals surface area (Å²) in [7, 11) is -3.49. The number of hydrogen-bond acceptors (Lipinski definition) is 4. The molecule has 2 aromatic rings. The number of sulfonamides is 1. The molecule has 0 bridgehead atoms. The molecule has 0 fully saturated rings. The topological polar surface area (TPSA) is 72.0 Å². The van der Waals surface area contributed by atoms with E-state index in [1.165, 1.54) is 0 Å². The van der Waals surface area contributed by atoms with E-state index in [0.29, 0.717) is 29.8 Å². The molecule has 0 radical (unpaired) electrons. The van der Waals surface area contributed by atoms with Gasteiger partial charge in [-0.15, -0.1) is 11.6 Å². The molecular weight excluding hydrogens is 321 g/mol. The van der Waals surface area contributed by atoms with Gasteiger partial charge in [0, 0.05) is 5.88 Å². The molecule has 1 aromatic carbocycles. The molecule has 2 rings (SSSR count). The van der Waals surface area contributed by atoms with Gasteiger partial charge >= 0.3 is 0 Å². The highest BCUT2D eigenvalue weighted by Gasteiger charge is 2.15. The van der Waals surface area contributed by atoms with Gasteiger partial charge in [0.2, 0.25) is 10.0 Å². The summed E-state index contributed by atoms with van der Waals surface area (Å²) < 4.78 is 26.1. The predicted molar refractivity (Wildman–Crippen MR) is 81.9 cm³/mol. The van der Waals surface area contributed by atoms with Crippen molar-refractivity contribution < 1.29 is 8.42 Å². The highest BCUT2D eigenvalue weighted by atomic mass is 35.5. The molecule has 0 saturated carbocycles. The van der Waals surface area contributed by atoms with Gasteiger partial charge in [-0.2, -0.15) is 0 Å². The second kappa shape index (κ2) is 6.56. The number of anilines is 1. The van der Waals surface area contributed by atoms with E-state index >= 15 is 0 Å². The first-order chi connectivity index (χ1) is 9.52. The summed E-state index contributed by atoms with van der Waals surface area (Å²) in [6.45, 7) is 0. The number of alkyl halides is 1. The van der Waals surface area contributed by atoms with Crippen LogP contribution in [0.2, 0.25) is 5.15 Å². The van der Waals surface area contributed by atoms with Crippen LogP contribution in [-0.2, 0) is 10.0 Å². The summed E-state index contributed by atoms with van der Waals surface area (Å²) >= 11 is 11.5. The maximum absolute atomic E-state index is 11.9. The van der Waals surface area contributed by atoms with Crippen LogP contribution in [0.1, 0.15) is 12.8 Å². The highest BCUT2D eigenvalue weighted by Crippen LogP contribution is 2.22. The Bertz CT molecular complexity index is 707. The van der Waals surface area contributed by atoms with Crippen LogP contribution in [0, 0.1) is 0 Å². The van der Waals surface area contributed by atoms with Gasteiger partial charge in [0.05, 0.1) is 16.8 Å². The van der Waals surface area contributed by atoms with Gasteiger partial charge in [-0.05, 0) is 25.0 Å². The van der Waals surface area contributed by atoms with Crippen LogP contribution >= 0.6 is 23.2 Å². The van der Waals surface area contributed by atoms with E-state index in [-0.39, 0.29) is 16.7 Å². The van der Waals surface area contributed by atoms with Crippen LogP contribution in [0.25, 0.3) is 11.0 Å². The summed E-state index contributed by atoms with van der Waals surface area (Å²) in [5, 5.41) is 0.0321. The molecule has 0 amide bonds. The number of aromatic nitrogens is 2. The van der Waals surface area contributed by atoms with E-state index in [1.54, 1.807) is 18.2 Å². The lowest BCUT2D eigenvalue weighted by Gasteiger charge is -2.08. The number of nitrogens with zero attached hydrogens (tertiary/aromatic N) is 2. The van der Waals surface area contributed by atoms with Gasteiger partial charge in [-0.25, -0.2) is 18.4 Å². The van der Waals surface area contributed by atoms with Crippen molar-refractivity contribution in [2.45, 2.75) is 12.8 Å². The summed E-state index contributed by atoms with van der Waals surface area (Å²) in [4.78, 5) is 8.29. The van der Waals surface area contributed by atoms with E-state index in [9.17, 15) is 8.42 Å². The zero-order valence-electron chi connectivity index (χ0n) is 10.5. The van der Waals surface area contributed by atoms with E-state index in [0.717, 1.165) is 0 Å². The lowest BCUT2D eigenvalue weighted by molar-refractivity contribution is 0.598. The summed E-state index contributed by atoms with van der Waals surface area (Å²) in [6.07, 6.45) is 1.12. The van der Waals surface area contributed by atoms with Crippen molar-refractivity contribution >= 4 is 50.1 Å². The zero-order chi connectivity index (χ0) is 14.6. The third-order valence-electron chi connectivity index (χ3n) is 2.58. The zero-order valence-corrected chi connectivity index (χ0v) is 12.8. The van der Waals surface area contributed by atoms with Gasteiger partial charge in [-0.3, -0.25) is 4.72 Å². The molecular formula is C12H13Cl2N3O2S. The average molecular weight is 334 g/mol. The Morgan fingerprint density at radius 3 is 2.40 bits per heavy atom. The quantitative estimate of drug-likeness (QED) is 0.651. The third-order valence-corrected chi connectivity index (χ3v) is 4.44. The summed E-state index contributed by atoms with van der Waals surface area (Å²) in [5.74, 6) is 0.465. The molecule has 0 atom stereocenters. The van der Waals surface area contributed by atoms with Crippen molar-refractivity contribution in [3.8, 4) is 0 Å². The number of nitrogens with one attached hydrogen (secondary N) is 1. The monoisotopic (exact) mass is 333 g/mol. The minimum absolute atomic E-state index is 0.0233. The first kappa shape index (κ1) is 15.3. The number of hydrogen-bond donors (Lipinski definition) is 1.